The van der Waals surface area contributed by atoms with Crippen LogP contribution in [0.1, 0.15) is 68.6 Å². The van der Waals surface area contributed by atoms with E-state index in [9.17, 15) is 14.4 Å². The monoisotopic (exact) mass is 918 g/mol. The molecule has 0 heterocycles. The number of phenolic OH excluding ortho intramolecular Hbond substituents is 2. The first-order valence-corrected chi connectivity index (χ1v) is 19.4. The Bertz CT molecular complexity index is 1830. The van der Waals surface area contributed by atoms with Crippen LogP contribution in [0.4, 0.5) is 0 Å². The van der Waals surface area contributed by atoms with E-state index >= 15 is 0 Å². The predicted octanol–water partition coefficient (Wildman–Crippen LogP) is 10.4. The number of aliphatic hydroxyl groups excluding tert-OH is 2. The molecule has 0 bridgehead atoms. The first-order chi connectivity index (χ1) is 26.1. The highest BCUT2D eigenvalue weighted by atomic mass is 79.9. The van der Waals surface area contributed by atoms with Crippen molar-refractivity contribution in [2.75, 3.05) is 20.3 Å². The number of esters is 1. The third kappa shape index (κ3) is 18.1. The Kier molecular flexibility index (Phi) is 21.9. The van der Waals surface area contributed by atoms with Gasteiger partial charge in [0, 0.05) is 16.2 Å². The fourth-order valence-electron chi connectivity index (χ4n) is 3.62. The number of alkyl halides is 1. The van der Waals surface area contributed by atoms with Gasteiger partial charge in [-0.2, -0.15) is 0 Å². The van der Waals surface area contributed by atoms with E-state index in [0.717, 1.165) is 10.9 Å². The molecule has 0 aliphatic heterocycles. The Hall–Kier alpha value is -3.55. The van der Waals surface area contributed by atoms with E-state index in [4.69, 9.17) is 76.3 Å². The van der Waals surface area contributed by atoms with Crippen LogP contribution < -0.4 is 9.47 Å². The fourth-order valence-corrected chi connectivity index (χ4v) is 4.87. The summed E-state index contributed by atoms with van der Waals surface area (Å²) >= 11 is 26.4. The first-order valence-electron chi connectivity index (χ1n) is 16.8. The fraction of sp³-hybridized carbons (Fsp3) is 0.341. The molecule has 0 radical (unpaired) electrons. The standard InChI is InChI=1S/C13H16BrClO2.C13H17ClO3.C8H7ClO3.C7H7ClO2/c1-13(2,3)12(16)8-17-11-5-4-9(7-14)6-10(11)15;1-13(2,3)12(16)8-17-11-5-4-9(7-15)6-10(11)14;1-12-8(11)5-2-3-7(10)6(9)4-5;8-6-3-5(4-9)1-2-7(6)10/h4-6H,7-8H2,1-3H3;4-6,15H,7-8H2,1-3H3;2-4,10H,1H3;1-3,9-10H,4H2. The summed E-state index contributed by atoms with van der Waals surface area (Å²) in [5.74, 6) is 0.591. The molecule has 0 saturated heterocycles. The Morgan fingerprint density at radius 2 is 0.964 bits per heavy atom. The molecule has 0 atom stereocenters. The van der Waals surface area contributed by atoms with Crippen molar-refractivity contribution in [2.24, 2.45) is 10.8 Å². The minimum atomic E-state index is -0.475. The van der Waals surface area contributed by atoms with Gasteiger partial charge in [0.05, 0.1) is 46.0 Å². The highest BCUT2D eigenvalue weighted by Gasteiger charge is 2.23. The summed E-state index contributed by atoms with van der Waals surface area (Å²) in [5, 5.41) is 37.6. The summed E-state index contributed by atoms with van der Waals surface area (Å²) < 4.78 is 15.2. The van der Waals surface area contributed by atoms with Crippen LogP contribution in [0.3, 0.4) is 0 Å². The van der Waals surface area contributed by atoms with Crippen LogP contribution in [0.15, 0.2) is 72.8 Å². The zero-order chi connectivity index (χ0) is 42.8. The minimum absolute atomic E-state index is 0.00168. The molecule has 4 aromatic carbocycles. The van der Waals surface area contributed by atoms with E-state index in [0.29, 0.717) is 38.2 Å². The van der Waals surface area contributed by atoms with Crippen molar-refractivity contribution < 1.29 is 49.0 Å². The molecular weight excluding hydrogens is 874 g/mol. The molecule has 0 amide bonds. The lowest BCUT2D eigenvalue weighted by molar-refractivity contribution is -0.128. The number of hydrogen-bond acceptors (Lipinski definition) is 10. The molecule has 4 rings (SSSR count). The molecule has 10 nitrogen and oxygen atoms in total. The molecule has 0 aliphatic rings. The molecule has 15 heteroatoms. The SMILES string of the molecule is CC(C)(C)C(=O)COc1ccc(CBr)cc1Cl.CC(C)(C)C(=O)COc1ccc(CO)cc1Cl.COC(=O)c1ccc(O)c(Cl)c1.OCc1ccc(O)c(Cl)c1. The number of aromatic hydroxyl groups is 2. The van der Waals surface area contributed by atoms with Crippen molar-refractivity contribution in [3.8, 4) is 23.0 Å². The summed E-state index contributed by atoms with van der Waals surface area (Å²) in [6.45, 7) is 11.1. The maximum Gasteiger partial charge on any atom is 0.337 e. The molecular formula is C41H47BrCl4O10. The number of ketones is 2. The first kappa shape index (κ1) is 50.5. The number of benzene rings is 4. The number of methoxy groups -OCH3 is 1. The van der Waals surface area contributed by atoms with Crippen molar-refractivity contribution in [2.45, 2.75) is 60.1 Å². The molecule has 0 aromatic heterocycles. The number of rotatable bonds is 10. The van der Waals surface area contributed by atoms with Crippen LogP contribution in [0, 0.1) is 10.8 Å². The van der Waals surface area contributed by atoms with Gasteiger partial charge in [0.2, 0.25) is 0 Å². The second-order valence-corrected chi connectivity index (χ2v) is 16.0. The van der Waals surface area contributed by atoms with Crippen LogP contribution in [0.5, 0.6) is 23.0 Å². The van der Waals surface area contributed by atoms with Gasteiger partial charge in [-0.3, -0.25) is 9.59 Å². The number of aliphatic hydroxyl groups is 2. The summed E-state index contributed by atoms with van der Waals surface area (Å²) in [5.41, 5.74) is 2.00. The zero-order valence-corrected chi connectivity index (χ0v) is 36.7. The van der Waals surface area contributed by atoms with Gasteiger partial charge in [-0.15, -0.1) is 0 Å². The molecule has 306 valence electrons. The molecule has 4 aromatic rings. The Morgan fingerprint density at radius 3 is 1.32 bits per heavy atom. The minimum Gasteiger partial charge on any atom is -0.506 e. The van der Waals surface area contributed by atoms with Crippen LogP contribution in [0.25, 0.3) is 0 Å². The van der Waals surface area contributed by atoms with E-state index < -0.39 is 11.4 Å². The molecule has 0 saturated carbocycles. The Balaban J connectivity index is 0.000000381. The Labute approximate surface area is 356 Å². The second kappa shape index (κ2) is 24.3. The topological polar surface area (TPSA) is 160 Å². The lowest BCUT2D eigenvalue weighted by Gasteiger charge is -2.17. The van der Waals surface area contributed by atoms with Crippen LogP contribution in [0.2, 0.25) is 20.1 Å². The molecule has 0 unspecified atom stereocenters. The second-order valence-electron chi connectivity index (χ2n) is 13.8. The molecule has 0 spiro atoms. The molecule has 0 fully saturated rings. The van der Waals surface area contributed by atoms with Gasteiger partial charge in [0.25, 0.3) is 0 Å². The smallest absolute Gasteiger partial charge is 0.337 e. The molecule has 4 N–H and O–H groups in total. The quantitative estimate of drug-likeness (QED) is 0.0891. The average Bonchev–Trinajstić information content (AvgIpc) is 3.15. The number of ether oxygens (including phenoxy) is 3. The highest BCUT2D eigenvalue weighted by Crippen LogP contribution is 2.29. The highest BCUT2D eigenvalue weighted by molar-refractivity contribution is 9.08. The molecule has 0 aliphatic carbocycles. The number of halogens is 5. The van der Waals surface area contributed by atoms with Crippen molar-refractivity contribution >= 4 is 79.9 Å². The lowest BCUT2D eigenvalue weighted by atomic mass is 9.91. The van der Waals surface area contributed by atoms with E-state index in [1.165, 1.54) is 37.4 Å². The van der Waals surface area contributed by atoms with Gasteiger partial charge in [0.15, 0.2) is 11.6 Å². The summed E-state index contributed by atoms with van der Waals surface area (Å²) in [6.07, 6.45) is 0. The van der Waals surface area contributed by atoms with E-state index in [-0.39, 0.29) is 65.0 Å². The number of phenols is 2. The number of hydrogen-bond donors (Lipinski definition) is 4. The third-order valence-electron chi connectivity index (χ3n) is 7.28. The Morgan fingerprint density at radius 1 is 0.589 bits per heavy atom. The largest absolute Gasteiger partial charge is 0.506 e. The number of carbonyl (C=O) groups is 3. The lowest BCUT2D eigenvalue weighted by Crippen LogP contribution is -2.26. The van der Waals surface area contributed by atoms with Crippen molar-refractivity contribution in [1.82, 2.24) is 0 Å². The van der Waals surface area contributed by atoms with Crippen molar-refractivity contribution in [3.63, 3.8) is 0 Å². The summed E-state index contributed by atoms with van der Waals surface area (Å²) in [6, 6.07) is 19.2. The van der Waals surface area contributed by atoms with Gasteiger partial charge in [-0.1, -0.05) is 122 Å². The van der Waals surface area contributed by atoms with E-state index in [2.05, 4.69) is 20.7 Å². The maximum atomic E-state index is 11.7. The zero-order valence-electron chi connectivity index (χ0n) is 32.1. The van der Waals surface area contributed by atoms with Gasteiger partial charge in [0.1, 0.15) is 36.2 Å². The number of Topliss-reactive ketones (excluding diaryl/α,β-unsaturated/α-hetero) is 2. The average molecular weight is 922 g/mol. The van der Waals surface area contributed by atoms with Crippen molar-refractivity contribution in [1.29, 1.82) is 0 Å². The summed E-state index contributed by atoms with van der Waals surface area (Å²) in [7, 11) is 1.28. The van der Waals surface area contributed by atoms with Crippen LogP contribution in [-0.2, 0) is 32.9 Å². The van der Waals surface area contributed by atoms with E-state index in [1.807, 2.05) is 53.7 Å². The van der Waals surface area contributed by atoms with Gasteiger partial charge < -0.3 is 34.6 Å². The van der Waals surface area contributed by atoms with Gasteiger partial charge in [-0.25, -0.2) is 4.79 Å². The normalized spacial score (nSPS) is 10.7. The maximum absolute atomic E-state index is 11.7. The summed E-state index contributed by atoms with van der Waals surface area (Å²) in [4.78, 5) is 34.3. The van der Waals surface area contributed by atoms with E-state index in [1.54, 1.807) is 30.3 Å². The van der Waals surface area contributed by atoms with Crippen LogP contribution in [-0.4, -0.2) is 58.3 Å². The van der Waals surface area contributed by atoms with Gasteiger partial charge >= 0.3 is 5.97 Å². The molecule has 56 heavy (non-hydrogen) atoms. The third-order valence-corrected chi connectivity index (χ3v) is 9.13. The van der Waals surface area contributed by atoms with Crippen LogP contribution >= 0.6 is 62.3 Å². The predicted molar refractivity (Wildman–Crippen MR) is 225 cm³/mol. The number of carbonyl (C=O) groups excluding carboxylic acids is 3. The van der Waals surface area contributed by atoms with Crippen molar-refractivity contribution in [3.05, 3.63) is 115 Å². The van der Waals surface area contributed by atoms with Gasteiger partial charge in [-0.05, 0) is 71.3 Å².